The van der Waals surface area contributed by atoms with Gasteiger partial charge >= 0.3 is 5.97 Å². The van der Waals surface area contributed by atoms with Gasteiger partial charge in [-0.25, -0.2) is 4.79 Å². The second-order valence-electron chi connectivity index (χ2n) is 6.20. The van der Waals surface area contributed by atoms with Crippen molar-refractivity contribution in [3.63, 3.8) is 0 Å². The summed E-state index contributed by atoms with van der Waals surface area (Å²) in [5.41, 5.74) is 9.40. The molecule has 0 saturated heterocycles. The molecule has 0 aliphatic rings. The number of carbonyl (C=O) groups excluding carboxylic acids is 3. The van der Waals surface area contributed by atoms with Crippen LogP contribution in [0.5, 0.6) is 0 Å². The van der Waals surface area contributed by atoms with Gasteiger partial charge < -0.3 is 20.8 Å². The van der Waals surface area contributed by atoms with Gasteiger partial charge in [-0.05, 0) is 61.9 Å². The highest BCUT2D eigenvalue weighted by atomic mass is 16.5. The first-order chi connectivity index (χ1) is 12.8. The number of aryl methyl sites for hydroxylation is 2. The quantitative estimate of drug-likeness (QED) is 0.603. The van der Waals surface area contributed by atoms with Crippen LogP contribution in [0.4, 0.5) is 5.69 Å². The van der Waals surface area contributed by atoms with E-state index in [0.29, 0.717) is 16.8 Å². The molecule has 1 heterocycles. The van der Waals surface area contributed by atoms with Crippen molar-refractivity contribution in [2.45, 2.75) is 13.8 Å². The third kappa shape index (κ3) is 3.98. The highest BCUT2D eigenvalue weighted by Gasteiger charge is 2.13. The van der Waals surface area contributed by atoms with E-state index in [1.165, 1.54) is 12.1 Å². The van der Waals surface area contributed by atoms with Gasteiger partial charge in [-0.2, -0.15) is 0 Å². The summed E-state index contributed by atoms with van der Waals surface area (Å²) in [6.45, 7) is 3.52. The van der Waals surface area contributed by atoms with E-state index in [9.17, 15) is 14.4 Å². The Labute approximate surface area is 155 Å². The molecule has 0 aliphatic carbocycles. The van der Waals surface area contributed by atoms with Gasteiger partial charge in [-0.3, -0.25) is 9.59 Å². The lowest BCUT2D eigenvalue weighted by Gasteiger charge is -2.07. The van der Waals surface area contributed by atoms with Crippen molar-refractivity contribution < 1.29 is 19.1 Å². The summed E-state index contributed by atoms with van der Waals surface area (Å²) in [5.74, 6) is -1.61. The first-order valence-electron chi connectivity index (χ1n) is 8.31. The van der Waals surface area contributed by atoms with Gasteiger partial charge in [0.15, 0.2) is 6.61 Å². The van der Waals surface area contributed by atoms with Crippen molar-refractivity contribution in [1.82, 2.24) is 4.98 Å². The number of amides is 2. The Hall–Kier alpha value is -3.61. The van der Waals surface area contributed by atoms with Gasteiger partial charge in [0.25, 0.3) is 5.91 Å². The van der Waals surface area contributed by atoms with Crippen molar-refractivity contribution in [3.8, 4) is 0 Å². The maximum Gasteiger partial charge on any atom is 0.338 e. The summed E-state index contributed by atoms with van der Waals surface area (Å²) in [6.07, 6.45) is 0. The Bertz CT molecular complexity index is 1040. The van der Waals surface area contributed by atoms with Crippen LogP contribution < -0.4 is 11.1 Å². The van der Waals surface area contributed by atoms with E-state index >= 15 is 0 Å². The summed E-state index contributed by atoms with van der Waals surface area (Å²) >= 11 is 0. The fourth-order valence-corrected chi connectivity index (χ4v) is 2.72. The number of anilines is 1. The average molecular weight is 365 g/mol. The molecule has 0 atom stereocenters. The molecule has 3 rings (SSSR count). The third-order valence-corrected chi connectivity index (χ3v) is 4.33. The summed E-state index contributed by atoms with van der Waals surface area (Å²) in [4.78, 5) is 38.4. The predicted molar refractivity (Wildman–Crippen MR) is 102 cm³/mol. The molecule has 138 valence electrons. The van der Waals surface area contributed by atoms with E-state index in [2.05, 4.69) is 10.3 Å². The van der Waals surface area contributed by atoms with Crippen LogP contribution in [0, 0.1) is 13.8 Å². The molecular weight excluding hydrogens is 346 g/mol. The third-order valence-electron chi connectivity index (χ3n) is 4.33. The number of nitrogens with two attached hydrogens (primary N) is 1. The summed E-state index contributed by atoms with van der Waals surface area (Å²) < 4.78 is 5.08. The van der Waals surface area contributed by atoms with Crippen LogP contribution in [0.25, 0.3) is 10.9 Å². The van der Waals surface area contributed by atoms with Crippen LogP contribution in [0.1, 0.15) is 32.0 Å². The Balaban J connectivity index is 1.60. The zero-order valence-corrected chi connectivity index (χ0v) is 15.0. The van der Waals surface area contributed by atoms with Crippen molar-refractivity contribution >= 4 is 34.4 Å². The van der Waals surface area contributed by atoms with Gasteiger partial charge in [-0.15, -0.1) is 0 Å². The largest absolute Gasteiger partial charge is 0.452 e. The minimum atomic E-state index is -0.575. The Morgan fingerprint density at radius 2 is 1.70 bits per heavy atom. The highest BCUT2D eigenvalue weighted by Crippen LogP contribution is 2.22. The number of benzene rings is 2. The number of hydrogen-bond donors (Lipinski definition) is 3. The first-order valence-corrected chi connectivity index (χ1v) is 8.31. The molecular formula is C20H19N3O4. The molecule has 2 amide bonds. The average Bonchev–Trinajstić information content (AvgIpc) is 2.94. The van der Waals surface area contributed by atoms with Gasteiger partial charge in [0.1, 0.15) is 0 Å². The number of H-pyrrole nitrogens is 1. The summed E-state index contributed by atoms with van der Waals surface area (Å²) in [6, 6.07) is 11.3. The van der Waals surface area contributed by atoms with E-state index in [-0.39, 0.29) is 0 Å². The zero-order valence-electron chi connectivity index (χ0n) is 15.0. The molecule has 0 saturated carbocycles. The lowest BCUT2D eigenvalue weighted by atomic mass is 10.1. The summed E-state index contributed by atoms with van der Waals surface area (Å²) in [7, 11) is 0. The molecule has 7 nitrogen and oxygen atoms in total. The minimum Gasteiger partial charge on any atom is -0.452 e. The van der Waals surface area contributed by atoms with Crippen LogP contribution in [-0.2, 0) is 9.53 Å². The van der Waals surface area contributed by atoms with E-state index in [0.717, 1.165) is 22.2 Å². The van der Waals surface area contributed by atoms with Crippen LogP contribution in [-0.4, -0.2) is 29.4 Å². The standard InChI is InChI=1S/C20H19N3O4/c1-11-12(2)22-17-8-5-14(9-16(11)17)20(26)27-10-18(24)23-15-6-3-13(4-7-15)19(21)25/h3-9,22H,10H2,1-2H3,(H2,21,25)(H,23,24). The number of aromatic nitrogens is 1. The fourth-order valence-electron chi connectivity index (χ4n) is 2.72. The maximum absolute atomic E-state index is 12.2. The van der Waals surface area contributed by atoms with Gasteiger partial charge in [0.05, 0.1) is 5.56 Å². The normalized spacial score (nSPS) is 10.6. The highest BCUT2D eigenvalue weighted by molar-refractivity contribution is 5.99. The molecule has 3 aromatic rings. The number of esters is 1. The van der Waals surface area contributed by atoms with Gasteiger partial charge in [-0.1, -0.05) is 0 Å². The van der Waals surface area contributed by atoms with Crippen LogP contribution in [0.3, 0.4) is 0 Å². The number of nitrogens with one attached hydrogen (secondary N) is 2. The topological polar surface area (TPSA) is 114 Å². The molecule has 0 radical (unpaired) electrons. The maximum atomic E-state index is 12.2. The minimum absolute atomic E-state index is 0.338. The van der Waals surface area contributed by atoms with Crippen molar-refractivity contribution in [2.75, 3.05) is 11.9 Å². The number of aromatic amines is 1. The monoisotopic (exact) mass is 365 g/mol. The molecule has 0 bridgehead atoms. The lowest BCUT2D eigenvalue weighted by Crippen LogP contribution is -2.21. The van der Waals surface area contributed by atoms with Crippen molar-refractivity contribution in [1.29, 1.82) is 0 Å². The smallest absolute Gasteiger partial charge is 0.338 e. The van der Waals surface area contributed by atoms with Crippen LogP contribution in [0.2, 0.25) is 0 Å². The van der Waals surface area contributed by atoms with Crippen LogP contribution in [0.15, 0.2) is 42.5 Å². The fraction of sp³-hybridized carbons (Fsp3) is 0.150. The number of hydrogen-bond acceptors (Lipinski definition) is 4. The van der Waals surface area contributed by atoms with E-state index < -0.39 is 24.4 Å². The Morgan fingerprint density at radius 3 is 2.37 bits per heavy atom. The number of rotatable bonds is 5. The molecule has 1 aromatic heterocycles. The van der Waals surface area contributed by atoms with E-state index in [4.69, 9.17) is 10.5 Å². The van der Waals surface area contributed by atoms with Crippen LogP contribution >= 0.6 is 0 Å². The molecule has 2 aromatic carbocycles. The zero-order chi connectivity index (χ0) is 19.6. The number of fused-ring (bicyclic) bond motifs is 1. The summed E-state index contributed by atoms with van der Waals surface area (Å²) in [5, 5.41) is 3.53. The number of carbonyl (C=O) groups is 3. The van der Waals surface area contributed by atoms with Crippen molar-refractivity contribution in [3.05, 3.63) is 64.8 Å². The molecule has 0 unspecified atom stereocenters. The van der Waals surface area contributed by atoms with Gasteiger partial charge in [0.2, 0.25) is 5.91 Å². The SMILES string of the molecule is Cc1[nH]c2ccc(C(=O)OCC(=O)Nc3ccc(C(N)=O)cc3)cc2c1C. The molecule has 27 heavy (non-hydrogen) atoms. The Kier molecular flexibility index (Phi) is 4.94. The molecule has 0 spiro atoms. The molecule has 7 heteroatoms. The lowest BCUT2D eigenvalue weighted by molar-refractivity contribution is -0.119. The second-order valence-corrected chi connectivity index (χ2v) is 6.20. The first kappa shape index (κ1) is 18.2. The number of ether oxygens (including phenoxy) is 1. The Morgan fingerprint density at radius 1 is 1.04 bits per heavy atom. The van der Waals surface area contributed by atoms with Gasteiger partial charge in [0, 0.05) is 27.8 Å². The predicted octanol–water partition coefficient (Wildman–Crippen LogP) is 2.68. The molecule has 0 aliphatic heterocycles. The van der Waals surface area contributed by atoms with E-state index in [1.807, 2.05) is 19.9 Å². The van der Waals surface area contributed by atoms with E-state index in [1.54, 1.807) is 24.3 Å². The molecule has 4 N–H and O–H groups in total. The number of primary amides is 1. The molecule has 0 fully saturated rings. The second kappa shape index (κ2) is 7.33. The van der Waals surface area contributed by atoms with Crippen molar-refractivity contribution in [2.24, 2.45) is 5.73 Å².